The maximum absolute atomic E-state index is 12.8. The molecule has 1 aromatic carbocycles. The number of hydrogen-bond acceptors (Lipinski definition) is 4. The molecule has 106 valence electrons. The molecule has 0 saturated carbocycles. The minimum Gasteiger partial charge on any atom is -0.366 e. The number of anilines is 2. The fourth-order valence-electron chi connectivity index (χ4n) is 1.71. The van der Waals surface area contributed by atoms with Crippen molar-refractivity contribution in [2.45, 2.75) is 26.3 Å². The van der Waals surface area contributed by atoms with Crippen LogP contribution in [-0.2, 0) is 6.54 Å². The van der Waals surface area contributed by atoms with Crippen molar-refractivity contribution in [3.8, 4) is 0 Å². The summed E-state index contributed by atoms with van der Waals surface area (Å²) in [6.07, 6.45) is 3.94. The quantitative estimate of drug-likeness (QED) is 0.759. The van der Waals surface area contributed by atoms with Crippen LogP contribution in [0, 0.1) is 5.82 Å². The van der Waals surface area contributed by atoms with Crippen LogP contribution in [-0.4, -0.2) is 16.5 Å². The molecule has 5 heteroatoms. The van der Waals surface area contributed by atoms with Gasteiger partial charge < -0.3 is 10.6 Å². The van der Waals surface area contributed by atoms with Gasteiger partial charge in [0.05, 0.1) is 0 Å². The molecule has 2 rings (SSSR count). The molecule has 0 aliphatic carbocycles. The first-order chi connectivity index (χ1) is 9.78. The summed E-state index contributed by atoms with van der Waals surface area (Å²) in [7, 11) is 0. The summed E-state index contributed by atoms with van der Waals surface area (Å²) in [5, 5.41) is 6.38. The first-order valence-corrected chi connectivity index (χ1v) is 6.83. The first kappa shape index (κ1) is 14.2. The third kappa shape index (κ3) is 4.50. The van der Waals surface area contributed by atoms with E-state index >= 15 is 0 Å². The van der Waals surface area contributed by atoms with Crippen LogP contribution in [0.4, 0.5) is 16.2 Å². The summed E-state index contributed by atoms with van der Waals surface area (Å²) in [6, 6.07) is 8.23. The van der Waals surface area contributed by atoms with Crippen molar-refractivity contribution in [3.05, 3.63) is 47.9 Å². The lowest BCUT2D eigenvalue weighted by Gasteiger charge is -2.08. The van der Waals surface area contributed by atoms with Gasteiger partial charge in [0, 0.05) is 19.3 Å². The standard InChI is InChI=1S/C15H19FN4/c1-2-3-9-17-15-18-10-8-14(20-15)19-11-12-4-6-13(16)7-5-12/h4-8,10H,2-3,9,11H2,1H3,(H2,17,18,19,20). The van der Waals surface area contributed by atoms with Gasteiger partial charge in [-0.25, -0.2) is 9.37 Å². The second-order valence-electron chi connectivity index (χ2n) is 4.53. The van der Waals surface area contributed by atoms with Crippen molar-refractivity contribution < 1.29 is 4.39 Å². The number of unbranched alkanes of at least 4 members (excludes halogenated alkanes) is 1. The molecule has 0 saturated heterocycles. The minimum atomic E-state index is -0.224. The normalized spacial score (nSPS) is 10.3. The van der Waals surface area contributed by atoms with E-state index in [1.807, 2.05) is 6.07 Å². The number of benzene rings is 1. The first-order valence-electron chi connectivity index (χ1n) is 6.83. The number of nitrogens with zero attached hydrogens (tertiary/aromatic N) is 2. The molecule has 1 aromatic heterocycles. The van der Waals surface area contributed by atoms with E-state index in [0.29, 0.717) is 12.5 Å². The van der Waals surface area contributed by atoms with E-state index < -0.39 is 0 Å². The lowest BCUT2D eigenvalue weighted by Crippen LogP contribution is -2.07. The van der Waals surface area contributed by atoms with Gasteiger partial charge in [-0.1, -0.05) is 25.5 Å². The highest BCUT2D eigenvalue weighted by Crippen LogP contribution is 2.09. The Balaban J connectivity index is 1.89. The maximum Gasteiger partial charge on any atom is 0.224 e. The van der Waals surface area contributed by atoms with Gasteiger partial charge >= 0.3 is 0 Å². The van der Waals surface area contributed by atoms with Gasteiger partial charge in [0.1, 0.15) is 11.6 Å². The van der Waals surface area contributed by atoms with Crippen molar-refractivity contribution in [3.63, 3.8) is 0 Å². The Kier molecular flexibility index (Phi) is 5.29. The highest BCUT2D eigenvalue weighted by Gasteiger charge is 1.99. The molecule has 0 radical (unpaired) electrons. The topological polar surface area (TPSA) is 49.8 Å². The van der Waals surface area contributed by atoms with Gasteiger partial charge in [-0.15, -0.1) is 0 Å². The Morgan fingerprint density at radius 1 is 1.10 bits per heavy atom. The minimum absolute atomic E-state index is 0.224. The SMILES string of the molecule is CCCCNc1nccc(NCc2ccc(F)cc2)n1. The van der Waals surface area contributed by atoms with Gasteiger partial charge in [-0.2, -0.15) is 4.98 Å². The predicted molar refractivity (Wildman–Crippen MR) is 79.2 cm³/mol. The lowest BCUT2D eigenvalue weighted by molar-refractivity contribution is 0.627. The van der Waals surface area contributed by atoms with Crippen LogP contribution >= 0.6 is 0 Å². The molecule has 0 atom stereocenters. The summed E-state index contributed by atoms with van der Waals surface area (Å²) in [4.78, 5) is 8.54. The number of nitrogens with one attached hydrogen (secondary N) is 2. The summed E-state index contributed by atoms with van der Waals surface area (Å²) in [5.74, 6) is 1.16. The van der Waals surface area contributed by atoms with Crippen LogP contribution in [0.25, 0.3) is 0 Å². The molecule has 0 aliphatic rings. The highest BCUT2D eigenvalue weighted by atomic mass is 19.1. The zero-order valence-corrected chi connectivity index (χ0v) is 11.6. The largest absolute Gasteiger partial charge is 0.366 e. The van der Waals surface area contributed by atoms with E-state index in [4.69, 9.17) is 0 Å². The smallest absolute Gasteiger partial charge is 0.224 e. The van der Waals surface area contributed by atoms with Crippen LogP contribution in [0.1, 0.15) is 25.3 Å². The van der Waals surface area contributed by atoms with E-state index in [1.165, 1.54) is 12.1 Å². The second kappa shape index (κ2) is 7.43. The molecule has 2 aromatic rings. The van der Waals surface area contributed by atoms with Gasteiger partial charge in [0.25, 0.3) is 0 Å². The molecule has 2 N–H and O–H groups in total. The van der Waals surface area contributed by atoms with Crippen LogP contribution in [0.2, 0.25) is 0 Å². The number of hydrogen-bond donors (Lipinski definition) is 2. The zero-order valence-electron chi connectivity index (χ0n) is 11.6. The number of aromatic nitrogens is 2. The predicted octanol–water partition coefficient (Wildman–Crippen LogP) is 3.44. The summed E-state index contributed by atoms with van der Waals surface area (Å²) in [5.41, 5.74) is 1.01. The fraction of sp³-hybridized carbons (Fsp3) is 0.333. The Labute approximate surface area is 118 Å². The maximum atomic E-state index is 12.8. The van der Waals surface area contributed by atoms with Gasteiger partial charge in [-0.3, -0.25) is 0 Å². The molecule has 0 spiro atoms. The molecule has 0 bridgehead atoms. The van der Waals surface area contributed by atoms with Crippen LogP contribution in [0.15, 0.2) is 36.5 Å². The third-order valence-electron chi connectivity index (χ3n) is 2.86. The highest BCUT2D eigenvalue weighted by molar-refractivity contribution is 5.40. The third-order valence-corrected chi connectivity index (χ3v) is 2.86. The Morgan fingerprint density at radius 3 is 2.65 bits per heavy atom. The van der Waals surface area contributed by atoms with Crippen molar-refractivity contribution in [2.24, 2.45) is 0 Å². The Hall–Kier alpha value is -2.17. The second-order valence-corrected chi connectivity index (χ2v) is 4.53. The molecular weight excluding hydrogens is 255 g/mol. The number of rotatable bonds is 7. The lowest BCUT2D eigenvalue weighted by atomic mass is 10.2. The fourth-order valence-corrected chi connectivity index (χ4v) is 1.71. The summed E-state index contributed by atoms with van der Waals surface area (Å²) < 4.78 is 12.8. The van der Waals surface area contributed by atoms with E-state index in [0.717, 1.165) is 30.8 Å². The van der Waals surface area contributed by atoms with Crippen LogP contribution < -0.4 is 10.6 Å². The summed E-state index contributed by atoms with van der Waals surface area (Å²) in [6.45, 7) is 3.62. The molecule has 0 fully saturated rings. The Morgan fingerprint density at radius 2 is 1.90 bits per heavy atom. The van der Waals surface area contributed by atoms with E-state index in [9.17, 15) is 4.39 Å². The molecule has 1 heterocycles. The van der Waals surface area contributed by atoms with Crippen LogP contribution in [0.5, 0.6) is 0 Å². The molecule has 0 amide bonds. The van der Waals surface area contributed by atoms with Gasteiger partial charge in [0.15, 0.2) is 0 Å². The van der Waals surface area contributed by atoms with E-state index in [-0.39, 0.29) is 5.82 Å². The van der Waals surface area contributed by atoms with Crippen molar-refractivity contribution in [1.29, 1.82) is 0 Å². The van der Waals surface area contributed by atoms with Crippen molar-refractivity contribution >= 4 is 11.8 Å². The van der Waals surface area contributed by atoms with Crippen molar-refractivity contribution in [2.75, 3.05) is 17.2 Å². The number of halogens is 1. The molecule has 20 heavy (non-hydrogen) atoms. The van der Waals surface area contributed by atoms with Gasteiger partial charge in [-0.05, 0) is 30.2 Å². The van der Waals surface area contributed by atoms with Crippen LogP contribution in [0.3, 0.4) is 0 Å². The molecule has 0 aliphatic heterocycles. The van der Waals surface area contributed by atoms with Gasteiger partial charge in [0.2, 0.25) is 5.95 Å². The molecular formula is C15H19FN4. The van der Waals surface area contributed by atoms with Crippen molar-refractivity contribution in [1.82, 2.24) is 9.97 Å². The Bertz CT molecular complexity index is 528. The average molecular weight is 274 g/mol. The van der Waals surface area contributed by atoms with E-state index in [2.05, 4.69) is 27.5 Å². The molecule has 0 unspecified atom stereocenters. The average Bonchev–Trinajstić information content (AvgIpc) is 2.47. The van der Waals surface area contributed by atoms with E-state index in [1.54, 1.807) is 18.3 Å². The zero-order chi connectivity index (χ0) is 14.2. The molecule has 4 nitrogen and oxygen atoms in total. The summed E-state index contributed by atoms with van der Waals surface area (Å²) >= 11 is 0. The monoisotopic (exact) mass is 274 g/mol.